The molecule has 0 radical (unpaired) electrons. The molecule has 0 bridgehead atoms. The van der Waals surface area contributed by atoms with Gasteiger partial charge in [-0.3, -0.25) is 0 Å². The van der Waals surface area contributed by atoms with Crippen LogP contribution in [0.5, 0.6) is 0 Å². The van der Waals surface area contributed by atoms with Gasteiger partial charge in [0, 0.05) is 18.4 Å². The highest BCUT2D eigenvalue weighted by molar-refractivity contribution is 4.64. The Labute approximate surface area is 68.0 Å². The Balaban J connectivity index is 0.000000183. The van der Waals surface area contributed by atoms with Crippen LogP contribution < -0.4 is 5.73 Å². The van der Waals surface area contributed by atoms with Gasteiger partial charge in [0.2, 0.25) is 0 Å². The summed E-state index contributed by atoms with van der Waals surface area (Å²) in [6, 6.07) is 0.352. The van der Waals surface area contributed by atoms with Crippen LogP contribution >= 0.6 is 0 Å². The molecule has 0 saturated heterocycles. The number of H-pyrrole nitrogens is 1. The van der Waals surface area contributed by atoms with Gasteiger partial charge in [-0.25, -0.2) is 4.98 Å². The largest absolute Gasteiger partial charge is 0.351 e. The summed E-state index contributed by atoms with van der Waals surface area (Å²) in [6.45, 7) is 6.25. The Morgan fingerprint density at radius 2 is 1.91 bits per heavy atom. The molecular formula is C8H17N3. The van der Waals surface area contributed by atoms with Crippen molar-refractivity contribution >= 4 is 0 Å². The summed E-state index contributed by atoms with van der Waals surface area (Å²) in [4.78, 5) is 6.42. The monoisotopic (exact) mass is 155 g/mol. The van der Waals surface area contributed by atoms with Gasteiger partial charge >= 0.3 is 0 Å². The van der Waals surface area contributed by atoms with Gasteiger partial charge in [-0.2, -0.15) is 0 Å². The Morgan fingerprint density at radius 1 is 1.36 bits per heavy atom. The second-order valence-corrected chi connectivity index (χ2v) is 2.86. The van der Waals surface area contributed by atoms with Gasteiger partial charge < -0.3 is 10.7 Å². The minimum atomic E-state index is 0.352. The minimum Gasteiger partial charge on any atom is -0.351 e. The summed E-state index contributed by atoms with van der Waals surface area (Å²) >= 11 is 0. The van der Waals surface area contributed by atoms with E-state index in [4.69, 9.17) is 5.73 Å². The van der Waals surface area contributed by atoms with Gasteiger partial charge in [-0.1, -0.05) is 13.8 Å². The molecule has 1 heterocycles. The highest BCUT2D eigenvalue weighted by atomic mass is 14.8. The Morgan fingerprint density at radius 3 is 2.00 bits per heavy atom. The number of nitrogens with one attached hydrogen (secondary N) is 1. The number of nitrogens with zero attached hydrogens (tertiary/aromatic N) is 1. The summed E-state index contributed by atoms with van der Waals surface area (Å²) < 4.78 is 0. The van der Waals surface area contributed by atoms with Gasteiger partial charge in [0.15, 0.2) is 0 Å². The van der Waals surface area contributed by atoms with Gasteiger partial charge in [0.25, 0.3) is 0 Å². The normalized spacial score (nSPS) is 12.1. The maximum Gasteiger partial charge on any atom is 0.0919 e. The zero-order chi connectivity index (χ0) is 8.69. The van der Waals surface area contributed by atoms with E-state index in [1.54, 1.807) is 18.7 Å². The predicted molar refractivity (Wildman–Crippen MR) is 47.1 cm³/mol. The molecule has 0 amide bonds. The Hall–Kier alpha value is -0.830. The summed E-state index contributed by atoms with van der Waals surface area (Å²) in [5, 5.41) is 0. The topological polar surface area (TPSA) is 54.7 Å². The van der Waals surface area contributed by atoms with E-state index in [0.29, 0.717) is 12.0 Å². The van der Waals surface area contributed by atoms with Crippen LogP contribution in [0.15, 0.2) is 18.7 Å². The fourth-order valence-electron chi connectivity index (χ4n) is 0.215. The van der Waals surface area contributed by atoms with Crippen molar-refractivity contribution in [2.45, 2.75) is 26.8 Å². The number of nitrogens with two attached hydrogens (primary N) is 1. The SMILES string of the molecule is CC(C)C(C)N.c1c[nH]cn1. The van der Waals surface area contributed by atoms with Crippen LogP contribution in [0, 0.1) is 5.92 Å². The van der Waals surface area contributed by atoms with Gasteiger partial charge in [-0.05, 0) is 12.8 Å². The Bertz CT molecular complexity index is 121. The van der Waals surface area contributed by atoms with E-state index >= 15 is 0 Å². The van der Waals surface area contributed by atoms with Crippen LogP contribution in [-0.4, -0.2) is 16.0 Å². The molecule has 3 heteroatoms. The molecule has 64 valence electrons. The van der Waals surface area contributed by atoms with Crippen LogP contribution in [0.1, 0.15) is 20.8 Å². The van der Waals surface area contributed by atoms with Crippen LogP contribution in [0.4, 0.5) is 0 Å². The summed E-state index contributed by atoms with van der Waals surface area (Å²) in [7, 11) is 0. The second kappa shape index (κ2) is 5.92. The van der Waals surface area contributed by atoms with E-state index in [-0.39, 0.29) is 0 Å². The van der Waals surface area contributed by atoms with Crippen molar-refractivity contribution in [1.82, 2.24) is 9.97 Å². The fraction of sp³-hybridized carbons (Fsp3) is 0.625. The first kappa shape index (κ1) is 10.2. The smallest absolute Gasteiger partial charge is 0.0919 e. The van der Waals surface area contributed by atoms with E-state index in [1.807, 2.05) is 6.92 Å². The van der Waals surface area contributed by atoms with Crippen LogP contribution in [-0.2, 0) is 0 Å². The fourth-order valence-corrected chi connectivity index (χ4v) is 0.215. The highest BCUT2D eigenvalue weighted by Gasteiger charge is 1.95. The molecule has 0 aliphatic heterocycles. The average molecular weight is 155 g/mol. The third kappa shape index (κ3) is 7.06. The van der Waals surface area contributed by atoms with Gasteiger partial charge in [0.1, 0.15) is 0 Å². The quantitative estimate of drug-likeness (QED) is 0.644. The van der Waals surface area contributed by atoms with Crippen molar-refractivity contribution in [3.8, 4) is 0 Å². The van der Waals surface area contributed by atoms with E-state index in [1.165, 1.54) is 0 Å². The minimum absolute atomic E-state index is 0.352. The first-order valence-electron chi connectivity index (χ1n) is 3.83. The lowest BCUT2D eigenvalue weighted by molar-refractivity contribution is 0.529. The van der Waals surface area contributed by atoms with Crippen molar-refractivity contribution in [3.05, 3.63) is 18.7 Å². The number of rotatable bonds is 1. The zero-order valence-corrected chi connectivity index (χ0v) is 7.41. The maximum atomic E-state index is 5.44. The van der Waals surface area contributed by atoms with E-state index in [0.717, 1.165) is 0 Å². The molecule has 0 aromatic carbocycles. The average Bonchev–Trinajstić information content (AvgIpc) is 2.41. The predicted octanol–water partition coefficient (Wildman–Crippen LogP) is 1.40. The molecule has 3 nitrogen and oxygen atoms in total. The molecule has 0 aliphatic carbocycles. The third-order valence-electron chi connectivity index (χ3n) is 1.46. The van der Waals surface area contributed by atoms with Crippen molar-refractivity contribution < 1.29 is 0 Å². The molecule has 11 heavy (non-hydrogen) atoms. The van der Waals surface area contributed by atoms with Crippen LogP contribution in [0.25, 0.3) is 0 Å². The first-order valence-corrected chi connectivity index (χ1v) is 3.83. The van der Waals surface area contributed by atoms with Crippen LogP contribution in [0.2, 0.25) is 0 Å². The number of aromatic amines is 1. The zero-order valence-electron chi connectivity index (χ0n) is 7.41. The molecular weight excluding hydrogens is 138 g/mol. The number of aromatic nitrogens is 2. The van der Waals surface area contributed by atoms with Gasteiger partial charge in [-0.15, -0.1) is 0 Å². The number of hydrogen-bond donors (Lipinski definition) is 2. The van der Waals surface area contributed by atoms with Crippen molar-refractivity contribution in [3.63, 3.8) is 0 Å². The standard InChI is InChI=1S/C5H13N.C3H4N2/c1-4(2)5(3)6;1-2-5-3-4-1/h4-5H,6H2,1-3H3;1-3H,(H,4,5). The third-order valence-corrected chi connectivity index (χ3v) is 1.46. The van der Waals surface area contributed by atoms with Crippen molar-refractivity contribution in [2.75, 3.05) is 0 Å². The molecule has 1 unspecified atom stereocenters. The maximum absolute atomic E-state index is 5.44. The molecule has 0 fully saturated rings. The molecule has 1 aromatic heterocycles. The lowest BCUT2D eigenvalue weighted by Crippen LogP contribution is -2.21. The van der Waals surface area contributed by atoms with Crippen LogP contribution in [0.3, 0.4) is 0 Å². The molecule has 0 aliphatic rings. The first-order chi connectivity index (χ1) is 5.14. The summed E-state index contributed by atoms with van der Waals surface area (Å²) in [5.41, 5.74) is 5.44. The molecule has 1 aromatic rings. The van der Waals surface area contributed by atoms with Crippen molar-refractivity contribution in [2.24, 2.45) is 11.7 Å². The lowest BCUT2D eigenvalue weighted by Gasteiger charge is -2.05. The van der Waals surface area contributed by atoms with E-state index in [9.17, 15) is 0 Å². The molecule has 1 rings (SSSR count). The summed E-state index contributed by atoms with van der Waals surface area (Å²) in [6.07, 6.45) is 5.08. The Kier molecular flexibility index (Phi) is 5.47. The molecule has 0 spiro atoms. The van der Waals surface area contributed by atoms with E-state index < -0.39 is 0 Å². The van der Waals surface area contributed by atoms with Gasteiger partial charge in [0.05, 0.1) is 6.33 Å². The van der Waals surface area contributed by atoms with Crippen molar-refractivity contribution in [1.29, 1.82) is 0 Å². The number of hydrogen-bond acceptors (Lipinski definition) is 2. The van der Waals surface area contributed by atoms with E-state index in [2.05, 4.69) is 23.8 Å². The molecule has 3 N–H and O–H groups in total. The summed E-state index contributed by atoms with van der Waals surface area (Å²) in [5.74, 6) is 0.630. The highest BCUT2D eigenvalue weighted by Crippen LogP contribution is 1.93. The number of imidazole rings is 1. The molecule has 1 atom stereocenters. The second-order valence-electron chi connectivity index (χ2n) is 2.86. The molecule has 0 saturated carbocycles. The lowest BCUT2D eigenvalue weighted by atomic mass is 10.1.